The SMILES string of the molecule is CC.CC.CCCC(=O)c1c(C)ncn1C. The number of hydrogen-bond acceptors (Lipinski definition) is 2. The first-order valence-electron chi connectivity index (χ1n) is 6.18. The number of aromatic nitrogens is 2. The van der Waals surface area contributed by atoms with Gasteiger partial charge in [0.05, 0.1) is 12.0 Å². The van der Waals surface area contributed by atoms with Gasteiger partial charge < -0.3 is 4.57 Å². The fraction of sp³-hybridized carbons (Fsp3) is 0.692. The molecule has 0 unspecified atom stereocenters. The zero-order valence-corrected chi connectivity index (χ0v) is 11.8. The van der Waals surface area contributed by atoms with Crippen molar-refractivity contribution in [3.8, 4) is 0 Å². The van der Waals surface area contributed by atoms with E-state index in [1.54, 1.807) is 10.9 Å². The predicted octanol–water partition coefficient (Wildman–Crippen LogP) is 3.76. The maximum atomic E-state index is 11.5. The van der Waals surface area contributed by atoms with Crippen molar-refractivity contribution in [2.24, 2.45) is 7.05 Å². The fourth-order valence-corrected chi connectivity index (χ4v) is 1.29. The highest BCUT2D eigenvalue weighted by molar-refractivity contribution is 5.95. The lowest BCUT2D eigenvalue weighted by Crippen LogP contribution is -2.06. The molecule has 0 amide bonds. The van der Waals surface area contributed by atoms with Crippen molar-refractivity contribution in [3.63, 3.8) is 0 Å². The molecule has 0 aliphatic carbocycles. The van der Waals surface area contributed by atoms with E-state index >= 15 is 0 Å². The number of rotatable bonds is 3. The molecule has 0 N–H and O–H groups in total. The van der Waals surface area contributed by atoms with Crippen molar-refractivity contribution >= 4 is 5.78 Å². The summed E-state index contributed by atoms with van der Waals surface area (Å²) in [5, 5.41) is 0. The molecule has 0 aliphatic rings. The van der Waals surface area contributed by atoms with E-state index in [9.17, 15) is 4.79 Å². The summed E-state index contributed by atoms with van der Waals surface area (Å²) in [6, 6.07) is 0. The Bertz CT molecular complexity index is 271. The summed E-state index contributed by atoms with van der Waals surface area (Å²) in [5.41, 5.74) is 1.58. The third-order valence-electron chi connectivity index (χ3n) is 1.86. The van der Waals surface area contributed by atoms with E-state index in [2.05, 4.69) is 4.98 Å². The van der Waals surface area contributed by atoms with E-state index in [4.69, 9.17) is 0 Å². The highest BCUT2D eigenvalue weighted by Gasteiger charge is 2.12. The zero-order valence-electron chi connectivity index (χ0n) is 11.8. The summed E-state index contributed by atoms with van der Waals surface area (Å²) in [7, 11) is 1.85. The van der Waals surface area contributed by atoms with Crippen molar-refractivity contribution in [1.82, 2.24) is 9.55 Å². The average molecular weight is 226 g/mol. The number of nitrogens with zero attached hydrogens (tertiary/aromatic N) is 2. The van der Waals surface area contributed by atoms with Gasteiger partial charge in [-0.05, 0) is 13.3 Å². The first kappa shape index (κ1) is 17.3. The first-order valence-corrected chi connectivity index (χ1v) is 6.18. The van der Waals surface area contributed by atoms with Gasteiger partial charge in [-0.1, -0.05) is 34.6 Å². The van der Waals surface area contributed by atoms with Crippen molar-refractivity contribution in [2.75, 3.05) is 0 Å². The Morgan fingerprint density at radius 2 is 1.81 bits per heavy atom. The van der Waals surface area contributed by atoms with E-state index < -0.39 is 0 Å². The Kier molecular flexibility index (Phi) is 11.2. The molecule has 0 atom stereocenters. The summed E-state index contributed by atoms with van der Waals surface area (Å²) in [6.45, 7) is 11.9. The van der Waals surface area contributed by atoms with Crippen LogP contribution in [0.2, 0.25) is 0 Å². The Morgan fingerprint density at radius 3 is 2.12 bits per heavy atom. The van der Waals surface area contributed by atoms with Crippen molar-refractivity contribution < 1.29 is 4.79 Å². The summed E-state index contributed by atoms with van der Waals surface area (Å²) >= 11 is 0. The molecule has 3 heteroatoms. The van der Waals surface area contributed by atoms with Crippen LogP contribution in [0, 0.1) is 6.92 Å². The second-order valence-electron chi connectivity index (χ2n) is 2.96. The van der Waals surface area contributed by atoms with Crippen molar-refractivity contribution in [3.05, 3.63) is 17.7 Å². The van der Waals surface area contributed by atoms with Crippen LogP contribution in [0.25, 0.3) is 0 Å². The molecule has 0 aromatic carbocycles. The minimum atomic E-state index is 0.190. The molecule has 0 radical (unpaired) electrons. The Labute approximate surface area is 99.9 Å². The topological polar surface area (TPSA) is 34.9 Å². The lowest BCUT2D eigenvalue weighted by molar-refractivity contribution is 0.0973. The number of ketones is 1. The standard InChI is InChI=1S/C9H14N2O.2C2H6/c1-4-5-8(12)9-7(2)10-6-11(9)3;2*1-2/h6H,4-5H2,1-3H3;2*1-2H3. The van der Waals surface area contributed by atoms with Crippen LogP contribution in [0.1, 0.15) is 63.6 Å². The smallest absolute Gasteiger partial charge is 0.181 e. The van der Waals surface area contributed by atoms with Gasteiger partial charge in [-0.15, -0.1) is 0 Å². The third-order valence-corrected chi connectivity index (χ3v) is 1.86. The van der Waals surface area contributed by atoms with E-state index in [0.717, 1.165) is 17.8 Å². The highest BCUT2D eigenvalue weighted by Crippen LogP contribution is 2.08. The van der Waals surface area contributed by atoms with Crippen LogP contribution in [-0.2, 0) is 7.05 Å². The average Bonchev–Trinajstić information content (AvgIpc) is 2.64. The molecule has 16 heavy (non-hydrogen) atoms. The molecular formula is C13H26N2O. The monoisotopic (exact) mass is 226 g/mol. The molecule has 1 aromatic heterocycles. The van der Waals surface area contributed by atoms with Gasteiger partial charge in [0, 0.05) is 13.5 Å². The maximum Gasteiger partial charge on any atom is 0.181 e. The van der Waals surface area contributed by atoms with Crippen LogP contribution in [0.3, 0.4) is 0 Å². The summed E-state index contributed by atoms with van der Waals surface area (Å²) in [5.74, 6) is 0.190. The number of hydrogen-bond donors (Lipinski definition) is 0. The summed E-state index contributed by atoms with van der Waals surface area (Å²) in [6.07, 6.45) is 3.18. The van der Waals surface area contributed by atoms with Gasteiger partial charge in [-0.25, -0.2) is 4.98 Å². The molecule has 3 nitrogen and oxygen atoms in total. The third kappa shape index (κ3) is 5.10. The second kappa shape index (κ2) is 10.4. The zero-order chi connectivity index (χ0) is 13.1. The van der Waals surface area contributed by atoms with Crippen LogP contribution >= 0.6 is 0 Å². The minimum Gasteiger partial charge on any atom is -0.331 e. The lowest BCUT2D eigenvalue weighted by Gasteiger charge is -2.00. The Hall–Kier alpha value is -1.12. The number of imidazole rings is 1. The molecule has 0 spiro atoms. The van der Waals surface area contributed by atoms with Crippen LogP contribution in [0.15, 0.2) is 6.33 Å². The van der Waals surface area contributed by atoms with E-state index in [0.29, 0.717) is 6.42 Å². The molecule has 0 aliphatic heterocycles. The van der Waals surface area contributed by atoms with Gasteiger partial charge in [-0.3, -0.25) is 4.79 Å². The number of carbonyl (C=O) groups is 1. The number of carbonyl (C=O) groups excluding carboxylic acids is 1. The summed E-state index contributed by atoms with van der Waals surface area (Å²) < 4.78 is 1.79. The van der Waals surface area contributed by atoms with Gasteiger partial charge in [0.1, 0.15) is 5.69 Å². The molecule has 1 rings (SSSR count). The lowest BCUT2D eigenvalue weighted by atomic mass is 10.1. The maximum absolute atomic E-state index is 11.5. The van der Waals surface area contributed by atoms with Gasteiger partial charge in [0.15, 0.2) is 5.78 Å². The van der Waals surface area contributed by atoms with E-state index in [1.165, 1.54) is 0 Å². The van der Waals surface area contributed by atoms with Crippen LogP contribution in [0.4, 0.5) is 0 Å². The molecular weight excluding hydrogens is 200 g/mol. The van der Waals surface area contributed by atoms with Crippen LogP contribution in [-0.4, -0.2) is 15.3 Å². The fourth-order valence-electron chi connectivity index (χ4n) is 1.29. The normalized spacial score (nSPS) is 8.44. The Balaban J connectivity index is 0. The molecule has 1 aromatic rings. The van der Waals surface area contributed by atoms with E-state index in [-0.39, 0.29) is 5.78 Å². The van der Waals surface area contributed by atoms with Crippen molar-refractivity contribution in [2.45, 2.75) is 54.4 Å². The molecule has 1 heterocycles. The Morgan fingerprint density at radius 1 is 1.31 bits per heavy atom. The highest BCUT2D eigenvalue weighted by atomic mass is 16.1. The molecule has 0 saturated heterocycles. The number of Topliss-reactive ketones (excluding diaryl/α,β-unsaturated/α-hetero) is 1. The largest absolute Gasteiger partial charge is 0.331 e. The van der Waals surface area contributed by atoms with Crippen LogP contribution < -0.4 is 0 Å². The second-order valence-corrected chi connectivity index (χ2v) is 2.96. The van der Waals surface area contributed by atoms with E-state index in [1.807, 2.05) is 48.6 Å². The van der Waals surface area contributed by atoms with Crippen molar-refractivity contribution in [1.29, 1.82) is 0 Å². The van der Waals surface area contributed by atoms with Gasteiger partial charge in [-0.2, -0.15) is 0 Å². The first-order chi connectivity index (χ1) is 7.66. The molecule has 0 bridgehead atoms. The predicted molar refractivity (Wildman–Crippen MR) is 69.9 cm³/mol. The molecule has 94 valence electrons. The van der Waals surface area contributed by atoms with Gasteiger partial charge in [0.2, 0.25) is 0 Å². The van der Waals surface area contributed by atoms with Crippen LogP contribution in [0.5, 0.6) is 0 Å². The minimum absolute atomic E-state index is 0.190. The quantitative estimate of drug-likeness (QED) is 0.735. The molecule has 0 saturated carbocycles. The summed E-state index contributed by atoms with van der Waals surface area (Å²) in [4.78, 5) is 15.5. The molecule has 0 fully saturated rings. The number of aryl methyl sites for hydroxylation is 2. The van der Waals surface area contributed by atoms with Gasteiger partial charge >= 0.3 is 0 Å². The van der Waals surface area contributed by atoms with Gasteiger partial charge in [0.25, 0.3) is 0 Å².